The summed E-state index contributed by atoms with van der Waals surface area (Å²) in [4.78, 5) is 8.20. The molecule has 1 heterocycles. The molecule has 0 amide bonds. The van der Waals surface area contributed by atoms with E-state index < -0.39 is 0 Å². The third-order valence-electron chi connectivity index (χ3n) is 2.24. The number of aromatic nitrogens is 2. The van der Waals surface area contributed by atoms with Crippen molar-refractivity contribution in [2.45, 2.75) is 11.8 Å². The van der Waals surface area contributed by atoms with Gasteiger partial charge in [0.25, 0.3) is 0 Å². The highest BCUT2D eigenvalue weighted by atomic mass is 32.2. The largest absolute Gasteiger partial charge is 0.497 e. The molecule has 0 aliphatic heterocycles. The van der Waals surface area contributed by atoms with E-state index in [0.717, 1.165) is 16.5 Å². The zero-order chi connectivity index (χ0) is 12.6. The minimum absolute atomic E-state index is 0.538. The molecule has 0 saturated carbocycles. The highest BCUT2D eigenvalue weighted by molar-refractivity contribution is 7.99. The second-order valence-corrected chi connectivity index (χ2v) is 4.38. The van der Waals surface area contributed by atoms with E-state index in [0.29, 0.717) is 12.5 Å². The number of benzene rings is 1. The topological polar surface area (TPSA) is 44.2 Å². The van der Waals surface area contributed by atoms with Crippen molar-refractivity contribution in [1.29, 1.82) is 0 Å². The van der Waals surface area contributed by atoms with Crippen molar-refractivity contribution < 1.29 is 9.47 Å². The number of hydrogen-bond donors (Lipinski definition) is 0. The number of hydrogen-bond acceptors (Lipinski definition) is 5. The molecule has 0 aliphatic rings. The van der Waals surface area contributed by atoms with Crippen molar-refractivity contribution in [1.82, 2.24) is 9.97 Å². The molecule has 0 N–H and O–H groups in total. The molecular weight excluding hydrogens is 248 g/mol. The van der Waals surface area contributed by atoms with Gasteiger partial charge in [0.05, 0.1) is 13.7 Å². The van der Waals surface area contributed by atoms with Gasteiger partial charge in [-0.25, -0.2) is 9.97 Å². The summed E-state index contributed by atoms with van der Waals surface area (Å²) in [6.07, 6.45) is 3.44. The molecule has 0 radical (unpaired) electrons. The first-order valence-corrected chi connectivity index (χ1v) is 6.47. The SMILES string of the molecule is COc1ccc(COCSc2ncccn2)cc1. The van der Waals surface area contributed by atoms with Crippen molar-refractivity contribution in [3.63, 3.8) is 0 Å². The fraction of sp³-hybridized carbons (Fsp3) is 0.231. The number of ether oxygens (including phenoxy) is 2. The summed E-state index contributed by atoms with van der Waals surface area (Å²) in [6.45, 7) is 0.573. The van der Waals surface area contributed by atoms with Gasteiger partial charge in [0, 0.05) is 12.4 Å². The van der Waals surface area contributed by atoms with Crippen LogP contribution in [0.5, 0.6) is 5.75 Å². The highest BCUT2D eigenvalue weighted by Gasteiger charge is 1.97. The van der Waals surface area contributed by atoms with E-state index in [2.05, 4.69) is 9.97 Å². The minimum atomic E-state index is 0.538. The maximum Gasteiger partial charge on any atom is 0.189 e. The van der Waals surface area contributed by atoms with E-state index in [1.807, 2.05) is 24.3 Å². The summed E-state index contributed by atoms with van der Waals surface area (Å²) in [5.74, 6) is 1.39. The van der Waals surface area contributed by atoms with E-state index >= 15 is 0 Å². The van der Waals surface area contributed by atoms with Crippen LogP contribution in [0.1, 0.15) is 5.56 Å². The normalized spacial score (nSPS) is 10.3. The Labute approximate surface area is 110 Å². The van der Waals surface area contributed by atoms with Crippen molar-refractivity contribution in [3.05, 3.63) is 48.3 Å². The molecule has 1 aromatic heterocycles. The van der Waals surface area contributed by atoms with Crippen LogP contribution in [0.3, 0.4) is 0 Å². The average Bonchev–Trinajstić information content (AvgIpc) is 2.45. The second kappa shape index (κ2) is 6.98. The summed E-state index contributed by atoms with van der Waals surface area (Å²) >= 11 is 1.48. The lowest BCUT2D eigenvalue weighted by atomic mass is 10.2. The number of thioether (sulfide) groups is 1. The Bertz CT molecular complexity index is 462. The van der Waals surface area contributed by atoms with Gasteiger partial charge in [0.2, 0.25) is 0 Å². The van der Waals surface area contributed by atoms with Gasteiger partial charge < -0.3 is 9.47 Å². The summed E-state index contributed by atoms with van der Waals surface area (Å²) in [5.41, 5.74) is 1.12. The van der Waals surface area contributed by atoms with E-state index in [4.69, 9.17) is 9.47 Å². The molecule has 5 heteroatoms. The monoisotopic (exact) mass is 262 g/mol. The summed E-state index contributed by atoms with van der Waals surface area (Å²) < 4.78 is 10.6. The lowest BCUT2D eigenvalue weighted by Gasteiger charge is -2.04. The van der Waals surface area contributed by atoms with Crippen LogP contribution in [0, 0.1) is 0 Å². The van der Waals surface area contributed by atoms with Crippen molar-refractivity contribution in [3.8, 4) is 5.75 Å². The molecular formula is C13H14N2O2S. The maximum atomic E-state index is 5.54. The molecule has 0 saturated heterocycles. The van der Waals surface area contributed by atoms with Gasteiger partial charge >= 0.3 is 0 Å². The predicted octanol–water partition coefficient (Wildman–Crippen LogP) is 2.75. The first-order chi connectivity index (χ1) is 8.88. The Balaban J connectivity index is 1.72. The van der Waals surface area contributed by atoms with Crippen molar-refractivity contribution >= 4 is 11.8 Å². The quantitative estimate of drug-likeness (QED) is 0.346. The van der Waals surface area contributed by atoms with Crippen molar-refractivity contribution in [2.24, 2.45) is 0 Å². The van der Waals surface area contributed by atoms with Gasteiger partial charge in [-0.3, -0.25) is 0 Å². The van der Waals surface area contributed by atoms with Crippen LogP contribution in [0.25, 0.3) is 0 Å². The van der Waals surface area contributed by atoms with Gasteiger partial charge in [0.1, 0.15) is 11.7 Å². The Morgan fingerprint density at radius 1 is 1.11 bits per heavy atom. The van der Waals surface area contributed by atoms with Crippen LogP contribution < -0.4 is 4.74 Å². The molecule has 0 spiro atoms. The van der Waals surface area contributed by atoms with Crippen molar-refractivity contribution in [2.75, 3.05) is 13.0 Å². The fourth-order valence-corrected chi connectivity index (χ4v) is 1.88. The summed E-state index contributed by atoms with van der Waals surface area (Å²) in [7, 11) is 1.65. The minimum Gasteiger partial charge on any atom is -0.497 e. The first-order valence-electron chi connectivity index (χ1n) is 5.49. The smallest absolute Gasteiger partial charge is 0.189 e. The number of rotatable bonds is 6. The molecule has 0 fully saturated rings. The Hall–Kier alpha value is -1.59. The van der Waals surface area contributed by atoms with Crippen LogP contribution in [-0.2, 0) is 11.3 Å². The van der Waals surface area contributed by atoms with E-state index in [9.17, 15) is 0 Å². The second-order valence-electron chi connectivity index (χ2n) is 3.49. The van der Waals surface area contributed by atoms with E-state index in [1.165, 1.54) is 11.8 Å². The standard InChI is InChI=1S/C13H14N2O2S/c1-16-12-5-3-11(4-6-12)9-17-10-18-13-14-7-2-8-15-13/h2-8H,9-10H2,1H3. The van der Waals surface area contributed by atoms with Gasteiger partial charge in [-0.1, -0.05) is 23.9 Å². The molecule has 94 valence electrons. The van der Waals surface area contributed by atoms with Crippen LogP contribution in [-0.4, -0.2) is 23.0 Å². The van der Waals surface area contributed by atoms with E-state index in [1.54, 1.807) is 25.6 Å². The average molecular weight is 262 g/mol. The van der Waals surface area contributed by atoms with Crippen LogP contribution >= 0.6 is 11.8 Å². The molecule has 1 aromatic carbocycles. The lowest BCUT2D eigenvalue weighted by Crippen LogP contribution is -1.94. The first kappa shape index (κ1) is 12.9. The third-order valence-corrected chi connectivity index (χ3v) is 2.99. The third kappa shape index (κ3) is 4.01. The van der Waals surface area contributed by atoms with Crippen LogP contribution in [0.15, 0.2) is 47.9 Å². The molecule has 18 heavy (non-hydrogen) atoms. The maximum absolute atomic E-state index is 5.54. The van der Waals surface area contributed by atoms with E-state index in [-0.39, 0.29) is 0 Å². The molecule has 2 rings (SSSR count). The Morgan fingerprint density at radius 2 is 1.83 bits per heavy atom. The van der Waals surface area contributed by atoms with Crippen LogP contribution in [0.2, 0.25) is 0 Å². The zero-order valence-electron chi connectivity index (χ0n) is 10.1. The van der Waals surface area contributed by atoms with Crippen LogP contribution in [0.4, 0.5) is 0 Å². The molecule has 0 bridgehead atoms. The number of nitrogens with zero attached hydrogens (tertiary/aromatic N) is 2. The Morgan fingerprint density at radius 3 is 2.50 bits per heavy atom. The molecule has 2 aromatic rings. The predicted molar refractivity (Wildman–Crippen MR) is 70.5 cm³/mol. The molecule has 0 unspecified atom stereocenters. The van der Waals surface area contributed by atoms with Gasteiger partial charge in [-0.2, -0.15) is 0 Å². The Kier molecular flexibility index (Phi) is 4.99. The lowest BCUT2D eigenvalue weighted by molar-refractivity contribution is 0.169. The highest BCUT2D eigenvalue weighted by Crippen LogP contribution is 2.14. The molecule has 0 atom stereocenters. The van der Waals surface area contributed by atoms with Gasteiger partial charge in [0.15, 0.2) is 5.16 Å². The fourth-order valence-electron chi connectivity index (χ4n) is 1.34. The summed E-state index contributed by atoms with van der Waals surface area (Å²) in [6, 6.07) is 9.62. The zero-order valence-corrected chi connectivity index (χ0v) is 10.9. The van der Waals surface area contributed by atoms with Gasteiger partial charge in [-0.15, -0.1) is 0 Å². The molecule has 4 nitrogen and oxygen atoms in total. The molecule has 0 aliphatic carbocycles. The van der Waals surface area contributed by atoms with Gasteiger partial charge in [-0.05, 0) is 23.8 Å². The summed E-state index contributed by atoms with van der Waals surface area (Å²) in [5, 5.41) is 0.729. The number of methoxy groups -OCH3 is 1.